The molecule has 3 atom stereocenters. The van der Waals surface area contributed by atoms with E-state index in [4.69, 9.17) is 9.47 Å². The van der Waals surface area contributed by atoms with Gasteiger partial charge in [0, 0.05) is 19.1 Å². The van der Waals surface area contributed by atoms with Gasteiger partial charge in [-0.25, -0.2) is 0 Å². The molecule has 1 aliphatic rings. The minimum absolute atomic E-state index is 0.171. The average Bonchev–Trinajstić information content (AvgIpc) is 2.33. The van der Waals surface area contributed by atoms with Crippen LogP contribution in [0.5, 0.6) is 5.75 Å². The minimum Gasteiger partial charge on any atom is -0.487 e. The Kier molecular flexibility index (Phi) is 4.02. The van der Waals surface area contributed by atoms with E-state index in [1.807, 2.05) is 32.2 Å². The summed E-state index contributed by atoms with van der Waals surface area (Å²) in [6.07, 6.45) is 1.35. The van der Waals surface area contributed by atoms with Crippen LogP contribution in [0.25, 0.3) is 0 Å². The van der Waals surface area contributed by atoms with Crippen LogP contribution in [-0.4, -0.2) is 31.9 Å². The summed E-state index contributed by atoms with van der Waals surface area (Å²) < 4.78 is 11.7. The molecule has 0 bridgehead atoms. The highest BCUT2D eigenvalue weighted by molar-refractivity contribution is 5.32. The molecule has 0 aliphatic heterocycles. The Morgan fingerprint density at radius 2 is 2.12 bits per heavy atom. The Balaban J connectivity index is 1.98. The summed E-state index contributed by atoms with van der Waals surface area (Å²) in [6, 6.07) is 8.54. The molecule has 2 rings (SSSR count). The number of nitrogens with one attached hydrogen (secondary N) is 1. The standard InChI is InChI=1S/C14H21NO2/c1-4-16-14-11(15-3)9-13(14)17-12-8-6-5-7-10(12)2/h5-8,11,13-15H,4,9H2,1-3H3. The van der Waals surface area contributed by atoms with Gasteiger partial charge in [0.25, 0.3) is 0 Å². The maximum absolute atomic E-state index is 6.01. The first-order chi connectivity index (χ1) is 8.26. The summed E-state index contributed by atoms with van der Waals surface area (Å²) in [6.45, 7) is 4.82. The number of aryl methyl sites for hydroxylation is 1. The van der Waals surface area contributed by atoms with Crippen LogP contribution < -0.4 is 10.1 Å². The highest BCUT2D eigenvalue weighted by Crippen LogP contribution is 2.30. The van der Waals surface area contributed by atoms with Crippen LogP contribution in [-0.2, 0) is 4.74 Å². The van der Waals surface area contributed by atoms with E-state index in [0.29, 0.717) is 6.04 Å². The maximum atomic E-state index is 6.01. The second-order valence-electron chi connectivity index (χ2n) is 4.47. The third kappa shape index (κ3) is 2.61. The molecular formula is C14H21NO2. The summed E-state index contributed by atoms with van der Waals surface area (Å²) in [5, 5.41) is 3.26. The van der Waals surface area contributed by atoms with E-state index in [-0.39, 0.29) is 12.2 Å². The first-order valence-corrected chi connectivity index (χ1v) is 6.27. The lowest BCUT2D eigenvalue weighted by Crippen LogP contribution is -2.60. The van der Waals surface area contributed by atoms with Crippen molar-refractivity contribution in [2.24, 2.45) is 0 Å². The van der Waals surface area contributed by atoms with Crippen molar-refractivity contribution in [2.45, 2.75) is 38.5 Å². The number of rotatable bonds is 5. The molecule has 0 saturated heterocycles. The first kappa shape index (κ1) is 12.4. The SMILES string of the molecule is CCOC1C(NC)CC1Oc1ccccc1C. The molecule has 17 heavy (non-hydrogen) atoms. The van der Waals surface area contributed by atoms with Crippen molar-refractivity contribution >= 4 is 0 Å². The normalized spacial score (nSPS) is 27.6. The van der Waals surface area contributed by atoms with Crippen molar-refractivity contribution in [1.29, 1.82) is 0 Å². The molecule has 0 radical (unpaired) electrons. The minimum atomic E-state index is 0.171. The van der Waals surface area contributed by atoms with E-state index in [2.05, 4.69) is 18.3 Å². The van der Waals surface area contributed by atoms with Gasteiger partial charge in [0.1, 0.15) is 18.0 Å². The van der Waals surface area contributed by atoms with Crippen LogP contribution >= 0.6 is 0 Å². The molecule has 3 nitrogen and oxygen atoms in total. The summed E-state index contributed by atoms with van der Waals surface area (Å²) in [7, 11) is 1.97. The number of hydrogen-bond acceptors (Lipinski definition) is 3. The average molecular weight is 235 g/mol. The molecule has 1 N–H and O–H groups in total. The molecule has 0 aromatic heterocycles. The maximum Gasteiger partial charge on any atom is 0.128 e. The fourth-order valence-corrected chi connectivity index (χ4v) is 2.25. The lowest BCUT2D eigenvalue weighted by Gasteiger charge is -2.43. The number of ether oxygens (including phenoxy) is 2. The van der Waals surface area contributed by atoms with Gasteiger partial charge in [-0.2, -0.15) is 0 Å². The Bertz CT molecular complexity index is 367. The number of benzene rings is 1. The first-order valence-electron chi connectivity index (χ1n) is 6.27. The van der Waals surface area contributed by atoms with E-state index in [1.165, 1.54) is 5.56 Å². The van der Waals surface area contributed by atoms with Gasteiger partial charge in [0.15, 0.2) is 0 Å². The zero-order chi connectivity index (χ0) is 12.3. The fourth-order valence-electron chi connectivity index (χ4n) is 2.25. The van der Waals surface area contributed by atoms with Gasteiger partial charge in [-0.15, -0.1) is 0 Å². The quantitative estimate of drug-likeness (QED) is 0.848. The molecule has 3 unspecified atom stereocenters. The lowest BCUT2D eigenvalue weighted by molar-refractivity contribution is -0.103. The van der Waals surface area contributed by atoms with Crippen LogP contribution in [0.2, 0.25) is 0 Å². The summed E-state index contributed by atoms with van der Waals surface area (Å²) in [5.74, 6) is 0.969. The van der Waals surface area contributed by atoms with Crippen molar-refractivity contribution in [3.05, 3.63) is 29.8 Å². The van der Waals surface area contributed by atoms with Gasteiger partial charge >= 0.3 is 0 Å². The van der Waals surface area contributed by atoms with Gasteiger partial charge < -0.3 is 14.8 Å². The molecule has 0 heterocycles. The predicted molar refractivity (Wildman–Crippen MR) is 68.5 cm³/mol. The Labute approximate surface area is 103 Å². The van der Waals surface area contributed by atoms with Gasteiger partial charge in [-0.05, 0) is 32.5 Å². The highest BCUT2D eigenvalue weighted by Gasteiger charge is 2.42. The molecule has 1 saturated carbocycles. The molecule has 1 aliphatic carbocycles. The summed E-state index contributed by atoms with van der Waals surface area (Å²) >= 11 is 0. The molecule has 1 aromatic rings. The van der Waals surface area contributed by atoms with Crippen molar-refractivity contribution < 1.29 is 9.47 Å². The Morgan fingerprint density at radius 1 is 1.35 bits per heavy atom. The van der Waals surface area contributed by atoms with E-state index in [9.17, 15) is 0 Å². The van der Waals surface area contributed by atoms with Crippen molar-refractivity contribution in [3.8, 4) is 5.75 Å². The molecule has 1 aromatic carbocycles. The largest absolute Gasteiger partial charge is 0.487 e. The topological polar surface area (TPSA) is 30.5 Å². The Hall–Kier alpha value is -1.06. The third-order valence-corrected chi connectivity index (χ3v) is 3.35. The lowest BCUT2D eigenvalue weighted by atomic mass is 9.85. The van der Waals surface area contributed by atoms with Crippen molar-refractivity contribution in [3.63, 3.8) is 0 Å². The number of hydrogen-bond donors (Lipinski definition) is 1. The van der Waals surface area contributed by atoms with Gasteiger partial charge in [-0.1, -0.05) is 18.2 Å². The molecule has 3 heteroatoms. The van der Waals surface area contributed by atoms with E-state index >= 15 is 0 Å². The van der Waals surface area contributed by atoms with Gasteiger partial charge in [0.05, 0.1) is 0 Å². The monoisotopic (exact) mass is 235 g/mol. The Morgan fingerprint density at radius 3 is 2.76 bits per heavy atom. The predicted octanol–water partition coefficient (Wildman–Crippen LogP) is 2.14. The van der Waals surface area contributed by atoms with Crippen LogP contribution in [0, 0.1) is 6.92 Å². The number of likely N-dealkylation sites (N-methyl/N-ethyl adjacent to an activating group) is 1. The molecule has 1 fully saturated rings. The van der Waals surface area contributed by atoms with Crippen LogP contribution in [0.3, 0.4) is 0 Å². The zero-order valence-electron chi connectivity index (χ0n) is 10.8. The summed E-state index contributed by atoms with van der Waals surface area (Å²) in [4.78, 5) is 0. The van der Waals surface area contributed by atoms with Crippen LogP contribution in [0.1, 0.15) is 18.9 Å². The van der Waals surface area contributed by atoms with Crippen molar-refractivity contribution in [1.82, 2.24) is 5.32 Å². The molecule has 0 spiro atoms. The highest BCUT2D eigenvalue weighted by atomic mass is 16.5. The van der Waals surface area contributed by atoms with Gasteiger partial charge in [-0.3, -0.25) is 0 Å². The smallest absolute Gasteiger partial charge is 0.128 e. The van der Waals surface area contributed by atoms with Crippen LogP contribution in [0.15, 0.2) is 24.3 Å². The van der Waals surface area contributed by atoms with Gasteiger partial charge in [0.2, 0.25) is 0 Å². The van der Waals surface area contributed by atoms with Crippen LogP contribution in [0.4, 0.5) is 0 Å². The second kappa shape index (κ2) is 5.52. The third-order valence-electron chi connectivity index (χ3n) is 3.35. The zero-order valence-corrected chi connectivity index (χ0v) is 10.8. The molecular weight excluding hydrogens is 214 g/mol. The number of para-hydroxylation sites is 1. The molecule has 94 valence electrons. The molecule has 0 amide bonds. The fraction of sp³-hybridized carbons (Fsp3) is 0.571. The summed E-state index contributed by atoms with van der Waals surface area (Å²) in [5.41, 5.74) is 1.18. The van der Waals surface area contributed by atoms with E-state index in [1.54, 1.807) is 0 Å². The van der Waals surface area contributed by atoms with E-state index < -0.39 is 0 Å². The van der Waals surface area contributed by atoms with Crippen molar-refractivity contribution in [2.75, 3.05) is 13.7 Å². The second-order valence-corrected chi connectivity index (χ2v) is 4.47. The van der Waals surface area contributed by atoms with E-state index in [0.717, 1.165) is 18.8 Å².